The van der Waals surface area contributed by atoms with Crippen molar-refractivity contribution in [2.45, 2.75) is 32.2 Å². The second kappa shape index (κ2) is 10.2. The second-order valence-electron chi connectivity index (χ2n) is 5.70. The molecule has 1 heterocycles. The molecule has 1 fully saturated rings. The molecule has 5 nitrogen and oxygen atoms in total. The quantitative estimate of drug-likeness (QED) is 0.780. The lowest BCUT2D eigenvalue weighted by Gasteiger charge is -2.22. The van der Waals surface area contributed by atoms with E-state index in [2.05, 4.69) is 10.6 Å². The minimum atomic E-state index is -0.362. The van der Waals surface area contributed by atoms with Gasteiger partial charge < -0.3 is 15.4 Å². The zero-order valence-electron chi connectivity index (χ0n) is 13.5. The van der Waals surface area contributed by atoms with Crippen LogP contribution >= 0.6 is 12.4 Å². The van der Waals surface area contributed by atoms with E-state index >= 15 is 0 Å². The number of methoxy groups -OCH3 is 1. The first kappa shape index (κ1) is 19.5. The van der Waals surface area contributed by atoms with Gasteiger partial charge in [-0.25, -0.2) is 4.79 Å². The number of carbonyl (C=O) groups excluding carboxylic acids is 2. The number of ether oxygens (including phenoxy) is 1. The molecule has 2 rings (SSSR count). The third-order valence-corrected chi connectivity index (χ3v) is 4.08. The van der Waals surface area contributed by atoms with E-state index in [1.54, 1.807) is 18.2 Å². The number of carbonyl (C=O) groups is 2. The van der Waals surface area contributed by atoms with Gasteiger partial charge in [0.25, 0.3) is 0 Å². The largest absolute Gasteiger partial charge is 0.465 e. The zero-order valence-corrected chi connectivity index (χ0v) is 14.3. The second-order valence-corrected chi connectivity index (χ2v) is 5.70. The summed E-state index contributed by atoms with van der Waals surface area (Å²) in [4.78, 5) is 23.4. The van der Waals surface area contributed by atoms with Crippen molar-refractivity contribution in [2.24, 2.45) is 5.92 Å². The van der Waals surface area contributed by atoms with Crippen molar-refractivity contribution in [2.75, 3.05) is 20.2 Å². The Morgan fingerprint density at radius 3 is 2.74 bits per heavy atom. The minimum absolute atomic E-state index is 0. The molecule has 1 amide bonds. The summed E-state index contributed by atoms with van der Waals surface area (Å²) in [6.45, 7) is 2.56. The van der Waals surface area contributed by atoms with Crippen molar-refractivity contribution < 1.29 is 14.3 Å². The molecule has 0 spiro atoms. The molecule has 6 heteroatoms. The van der Waals surface area contributed by atoms with Gasteiger partial charge in [-0.05, 0) is 56.0 Å². The number of hydrogen-bond donors (Lipinski definition) is 2. The molecule has 0 aliphatic carbocycles. The molecule has 0 aromatic heterocycles. The SMILES string of the molecule is COC(=O)c1cccc(CNC(=O)CCC2CCNCC2)c1.Cl. The van der Waals surface area contributed by atoms with Crippen LogP contribution in [0.2, 0.25) is 0 Å². The summed E-state index contributed by atoms with van der Waals surface area (Å²) in [5, 5.41) is 6.25. The standard InChI is InChI=1S/C17H24N2O3.ClH/c1-22-17(21)15-4-2-3-14(11-15)12-19-16(20)6-5-13-7-9-18-10-8-13;/h2-4,11,13,18H,5-10,12H2,1H3,(H,19,20);1H. The van der Waals surface area contributed by atoms with Crippen LogP contribution in [-0.4, -0.2) is 32.1 Å². The first-order valence-corrected chi connectivity index (χ1v) is 7.83. The van der Waals surface area contributed by atoms with Gasteiger partial charge in [0.1, 0.15) is 0 Å². The Labute approximate surface area is 143 Å². The van der Waals surface area contributed by atoms with Crippen molar-refractivity contribution in [1.29, 1.82) is 0 Å². The number of halogens is 1. The van der Waals surface area contributed by atoms with Gasteiger partial charge in [-0.3, -0.25) is 4.79 Å². The van der Waals surface area contributed by atoms with Gasteiger partial charge in [0.2, 0.25) is 5.91 Å². The maximum absolute atomic E-state index is 11.9. The average Bonchev–Trinajstić information content (AvgIpc) is 2.58. The topological polar surface area (TPSA) is 67.4 Å². The number of benzene rings is 1. The predicted octanol–water partition coefficient (Wildman–Crippen LogP) is 2.29. The molecule has 2 N–H and O–H groups in total. The molecule has 1 saturated heterocycles. The Kier molecular flexibility index (Phi) is 8.66. The first-order valence-electron chi connectivity index (χ1n) is 7.83. The van der Waals surface area contributed by atoms with Gasteiger partial charge in [0, 0.05) is 13.0 Å². The van der Waals surface area contributed by atoms with E-state index < -0.39 is 0 Å². The number of piperidine rings is 1. The maximum Gasteiger partial charge on any atom is 0.337 e. The summed E-state index contributed by atoms with van der Waals surface area (Å²) in [5.41, 5.74) is 1.40. The smallest absolute Gasteiger partial charge is 0.337 e. The lowest BCUT2D eigenvalue weighted by atomic mass is 9.93. The number of hydrogen-bond acceptors (Lipinski definition) is 4. The molecule has 0 bridgehead atoms. The fraction of sp³-hybridized carbons (Fsp3) is 0.529. The molecule has 0 atom stereocenters. The minimum Gasteiger partial charge on any atom is -0.465 e. The zero-order chi connectivity index (χ0) is 15.8. The molecule has 0 unspecified atom stereocenters. The van der Waals surface area contributed by atoms with E-state index in [1.165, 1.54) is 7.11 Å². The molecule has 128 valence electrons. The first-order chi connectivity index (χ1) is 10.7. The van der Waals surface area contributed by atoms with Gasteiger partial charge in [-0.2, -0.15) is 0 Å². The Morgan fingerprint density at radius 1 is 1.30 bits per heavy atom. The molecule has 1 aromatic rings. The normalized spacial score (nSPS) is 14.7. The van der Waals surface area contributed by atoms with Crippen LogP contribution in [0, 0.1) is 5.92 Å². The lowest BCUT2D eigenvalue weighted by molar-refractivity contribution is -0.121. The van der Waals surface area contributed by atoms with E-state index in [1.807, 2.05) is 6.07 Å². The van der Waals surface area contributed by atoms with Crippen molar-refractivity contribution in [3.63, 3.8) is 0 Å². The Morgan fingerprint density at radius 2 is 2.04 bits per heavy atom. The number of esters is 1. The Balaban J connectivity index is 0.00000264. The molecule has 23 heavy (non-hydrogen) atoms. The van der Waals surface area contributed by atoms with E-state index in [4.69, 9.17) is 4.74 Å². The molecule has 1 aliphatic rings. The highest BCUT2D eigenvalue weighted by Crippen LogP contribution is 2.17. The Hall–Kier alpha value is -1.59. The third-order valence-electron chi connectivity index (χ3n) is 4.08. The van der Waals surface area contributed by atoms with Crippen LogP contribution in [0.25, 0.3) is 0 Å². The van der Waals surface area contributed by atoms with Gasteiger partial charge >= 0.3 is 5.97 Å². The van der Waals surface area contributed by atoms with Gasteiger partial charge in [0.15, 0.2) is 0 Å². The maximum atomic E-state index is 11.9. The van der Waals surface area contributed by atoms with Crippen LogP contribution in [-0.2, 0) is 16.1 Å². The predicted molar refractivity (Wildman–Crippen MR) is 91.7 cm³/mol. The van der Waals surface area contributed by atoms with Crippen LogP contribution in [0.4, 0.5) is 0 Å². The molecule has 1 aromatic carbocycles. The molecular formula is C17H25ClN2O3. The summed E-state index contributed by atoms with van der Waals surface area (Å²) in [6, 6.07) is 7.13. The van der Waals surface area contributed by atoms with Crippen LogP contribution in [0.1, 0.15) is 41.6 Å². The lowest BCUT2D eigenvalue weighted by Crippen LogP contribution is -2.29. The van der Waals surface area contributed by atoms with Gasteiger partial charge in [-0.15, -0.1) is 12.4 Å². The molecule has 1 aliphatic heterocycles. The summed E-state index contributed by atoms with van der Waals surface area (Å²) < 4.78 is 4.69. The number of amides is 1. The van der Waals surface area contributed by atoms with Crippen molar-refractivity contribution in [3.05, 3.63) is 35.4 Å². The van der Waals surface area contributed by atoms with Gasteiger partial charge in [0.05, 0.1) is 12.7 Å². The van der Waals surface area contributed by atoms with E-state index in [0.717, 1.165) is 37.9 Å². The van der Waals surface area contributed by atoms with Crippen molar-refractivity contribution in [1.82, 2.24) is 10.6 Å². The molecule has 0 radical (unpaired) electrons. The number of rotatable bonds is 6. The van der Waals surface area contributed by atoms with Gasteiger partial charge in [-0.1, -0.05) is 12.1 Å². The van der Waals surface area contributed by atoms with Crippen LogP contribution in [0.15, 0.2) is 24.3 Å². The van der Waals surface area contributed by atoms with Crippen LogP contribution in [0.3, 0.4) is 0 Å². The average molecular weight is 341 g/mol. The molecule has 0 saturated carbocycles. The fourth-order valence-electron chi connectivity index (χ4n) is 2.72. The highest BCUT2D eigenvalue weighted by atomic mass is 35.5. The highest BCUT2D eigenvalue weighted by molar-refractivity contribution is 5.89. The molecular weight excluding hydrogens is 316 g/mol. The van der Waals surface area contributed by atoms with E-state index in [-0.39, 0.29) is 24.3 Å². The van der Waals surface area contributed by atoms with E-state index in [9.17, 15) is 9.59 Å². The number of nitrogens with one attached hydrogen (secondary N) is 2. The van der Waals surface area contributed by atoms with E-state index in [0.29, 0.717) is 24.4 Å². The highest BCUT2D eigenvalue weighted by Gasteiger charge is 2.14. The Bertz CT molecular complexity index is 516. The van der Waals surface area contributed by atoms with Crippen LogP contribution < -0.4 is 10.6 Å². The third kappa shape index (κ3) is 6.59. The summed E-state index contributed by atoms with van der Waals surface area (Å²) >= 11 is 0. The fourth-order valence-corrected chi connectivity index (χ4v) is 2.72. The summed E-state index contributed by atoms with van der Waals surface area (Å²) in [6.07, 6.45) is 3.85. The summed E-state index contributed by atoms with van der Waals surface area (Å²) in [5.74, 6) is 0.371. The summed E-state index contributed by atoms with van der Waals surface area (Å²) in [7, 11) is 1.36. The van der Waals surface area contributed by atoms with Crippen molar-refractivity contribution in [3.8, 4) is 0 Å². The monoisotopic (exact) mass is 340 g/mol. The van der Waals surface area contributed by atoms with Crippen LogP contribution in [0.5, 0.6) is 0 Å². The van der Waals surface area contributed by atoms with Crippen molar-refractivity contribution >= 4 is 24.3 Å².